The molecule has 0 aromatic carbocycles. The maximum Gasteiger partial charge on any atom is 0.326 e. The molecule has 0 saturated carbocycles. The number of aliphatic imine (C=N–C) groups is 1. The Balaban J connectivity index is 0.000000457. The van der Waals surface area contributed by atoms with Crippen LogP contribution in [-0.4, -0.2) is 100 Å². The van der Waals surface area contributed by atoms with E-state index in [1.165, 1.54) is 4.90 Å². The van der Waals surface area contributed by atoms with Gasteiger partial charge in [0.2, 0.25) is 11.8 Å². The summed E-state index contributed by atoms with van der Waals surface area (Å²) < 4.78 is 0. The van der Waals surface area contributed by atoms with Gasteiger partial charge in [0.15, 0.2) is 5.96 Å². The highest BCUT2D eigenvalue weighted by molar-refractivity contribution is 5.92. The van der Waals surface area contributed by atoms with Gasteiger partial charge in [-0.2, -0.15) is 0 Å². The van der Waals surface area contributed by atoms with Gasteiger partial charge in [-0.25, -0.2) is 4.79 Å². The number of nitrogens with two attached hydrogens (primary N) is 5. The van der Waals surface area contributed by atoms with Gasteiger partial charge in [0.05, 0.1) is 6.04 Å². The third-order valence-electron chi connectivity index (χ3n) is 6.21. The Bertz CT molecular complexity index is 776. The summed E-state index contributed by atoms with van der Waals surface area (Å²) in [6, 6.07) is -2.79. The topological polar surface area (TPSA) is 258 Å². The minimum atomic E-state index is -1.00. The molecule has 2 heterocycles. The van der Waals surface area contributed by atoms with Gasteiger partial charge in [-0.15, -0.1) is 0 Å². The molecular formula is C22H42N8O6. The fourth-order valence-corrected chi connectivity index (χ4v) is 4.25. The molecule has 206 valence electrons. The number of guanidine groups is 1. The molecule has 0 radical (unpaired) electrons. The van der Waals surface area contributed by atoms with Crippen LogP contribution >= 0.6 is 0 Å². The van der Waals surface area contributed by atoms with E-state index in [0.29, 0.717) is 64.7 Å². The summed E-state index contributed by atoms with van der Waals surface area (Å²) in [4.78, 5) is 53.5. The Labute approximate surface area is 211 Å². The van der Waals surface area contributed by atoms with Gasteiger partial charge in [0, 0.05) is 19.6 Å². The average molecular weight is 515 g/mol. The van der Waals surface area contributed by atoms with Crippen LogP contribution in [0.25, 0.3) is 0 Å². The SMILES string of the molecule is NC(N)=NCCC[C@H](N)C(=O)O.NCCCC[C@H](N)C(=O)N1CCC[C@H]1C(=O)N1CCC[C@H]1C(=O)O. The Morgan fingerprint density at radius 3 is 2.00 bits per heavy atom. The first-order valence-electron chi connectivity index (χ1n) is 12.3. The minimum absolute atomic E-state index is 0.0129. The third-order valence-corrected chi connectivity index (χ3v) is 6.21. The molecular weight excluding hydrogens is 472 g/mol. The lowest BCUT2D eigenvalue weighted by Crippen LogP contribution is -2.53. The molecule has 2 fully saturated rings. The van der Waals surface area contributed by atoms with Crippen molar-refractivity contribution in [2.75, 3.05) is 26.2 Å². The van der Waals surface area contributed by atoms with Gasteiger partial charge in [-0.1, -0.05) is 6.42 Å². The zero-order chi connectivity index (χ0) is 27.3. The van der Waals surface area contributed by atoms with E-state index >= 15 is 0 Å². The van der Waals surface area contributed by atoms with Crippen LogP contribution in [0.3, 0.4) is 0 Å². The number of nitrogens with zero attached hydrogens (tertiary/aromatic N) is 3. The lowest BCUT2D eigenvalue weighted by atomic mass is 10.1. The fourth-order valence-electron chi connectivity index (χ4n) is 4.25. The number of hydrogen-bond donors (Lipinski definition) is 7. The molecule has 36 heavy (non-hydrogen) atoms. The molecule has 14 heteroatoms. The van der Waals surface area contributed by atoms with Crippen molar-refractivity contribution in [2.45, 2.75) is 82.0 Å². The van der Waals surface area contributed by atoms with Gasteiger partial charge in [0.25, 0.3) is 0 Å². The standard InChI is InChI=1S/C16H28N4O4.C6H14N4O2/c17-8-2-1-5-11(18)14(21)19-9-3-6-12(19)15(22)20-10-4-7-13(20)16(23)24;7-4(5(11)12)2-1-3-10-6(8)9/h11-13H,1-10,17-18H2,(H,23,24);4H,1-3,7H2,(H,11,12)(H4,8,9,10)/t11-,12-,13-;4-/m00/s1. The summed E-state index contributed by atoms with van der Waals surface area (Å²) in [5.41, 5.74) is 26.7. The maximum absolute atomic E-state index is 12.8. The van der Waals surface area contributed by atoms with Crippen molar-refractivity contribution in [2.24, 2.45) is 33.7 Å². The minimum Gasteiger partial charge on any atom is -0.480 e. The average Bonchev–Trinajstić information content (AvgIpc) is 3.51. The molecule has 2 aliphatic rings. The van der Waals surface area contributed by atoms with Crippen molar-refractivity contribution < 1.29 is 29.4 Å². The normalized spacial score (nSPS) is 20.8. The van der Waals surface area contributed by atoms with Crippen molar-refractivity contribution in [1.29, 1.82) is 0 Å². The van der Waals surface area contributed by atoms with Gasteiger partial charge in [-0.3, -0.25) is 19.4 Å². The van der Waals surface area contributed by atoms with Crippen LogP contribution < -0.4 is 28.7 Å². The van der Waals surface area contributed by atoms with E-state index in [1.807, 2.05) is 0 Å². The number of carbonyl (C=O) groups excluding carboxylic acids is 2. The zero-order valence-electron chi connectivity index (χ0n) is 20.8. The number of hydrogen-bond acceptors (Lipinski definition) is 8. The van der Waals surface area contributed by atoms with Gasteiger partial charge >= 0.3 is 11.9 Å². The quantitative estimate of drug-likeness (QED) is 0.0847. The molecule has 2 rings (SSSR count). The second kappa shape index (κ2) is 15.9. The Kier molecular flexibility index (Phi) is 13.7. The molecule has 0 spiro atoms. The van der Waals surface area contributed by atoms with E-state index in [4.69, 9.17) is 33.8 Å². The summed E-state index contributed by atoms with van der Waals surface area (Å²) in [5, 5.41) is 17.6. The van der Waals surface area contributed by atoms with E-state index in [2.05, 4.69) is 4.99 Å². The third kappa shape index (κ3) is 9.95. The van der Waals surface area contributed by atoms with Crippen molar-refractivity contribution in [3.8, 4) is 0 Å². The van der Waals surface area contributed by atoms with Crippen LogP contribution in [0.4, 0.5) is 0 Å². The number of carboxylic acid groups (broad SMARTS) is 2. The van der Waals surface area contributed by atoms with Crippen molar-refractivity contribution in [3.05, 3.63) is 0 Å². The molecule has 2 saturated heterocycles. The first-order chi connectivity index (χ1) is 17.0. The van der Waals surface area contributed by atoms with Crippen LogP contribution in [0.2, 0.25) is 0 Å². The summed E-state index contributed by atoms with van der Waals surface area (Å²) >= 11 is 0. The highest BCUT2D eigenvalue weighted by atomic mass is 16.4. The van der Waals surface area contributed by atoms with Crippen LogP contribution in [0.5, 0.6) is 0 Å². The predicted molar refractivity (Wildman–Crippen MR) is 134 cm³/mol. The van der Waals surface area contributed by atoms with Gasteiger partial charge < -0.3 is 48.7 Å². The monoisotopic (exact) mass is 514 g/mol. The number of amides is 2. The molecule has 4 atom stereocenters. The molecule has 14 nitrogen and oxygen atoms in total. The van der Waals surface area contributed by atoms with E-state index in [9.17, 15) is 24.3 Å². The Morgan fingerprint density at radius 2 is 1.44 bits per heavy atom. The maximum atomic E-state index is 12.8. The van der Waals surface area contributed by atoms with Crippen molar-refractivity contribution >= 4 is 29.7 Å². The van der Waals surface area contributed by atoms with Gasteiger partial charge in [0.1, 0.15) is 18.1 Å². The number of unbranched alkanes of at least 4 members (excludes halogenated alkanes) is 1. The highest BCUT2D eigenvalue weighted by Gasteiger charge is 2.42. The molecule has 12 N–H and O–H groups in total. The molecule has 0 unspecified atom stereocenters. The van der Waals surface area contributed by atoms with Gasteiger partial charge in [-0.05, 0) is 57.9 Å². The van der Waals surface area contributed by atoms with Crippen LogP contribution in [-0.2, 0) is 19.2 Å². The molecule has 0 aliphatic carbocycles. The van der Waals surface area contributed by atoms with E-state index in [0.717, 1.165) is 19.3 Å². The summed E-state index contributed by atoms with van der Waals surface area (Å²) in [6.45, 7) is 1.93. The molecule has 0 bridgehead atoms. The Hall–Kier alpha value is -2.97. The van der Waals surface area contributed by atoms with Crippen LogP contribution in [0.1, 0.15) is 57.8 Å². The predicted octanol–water partition coefficient (Wildman–Crippen LogP) is -2.04. The lowest BCUT2D eigenvalue weighted by Gasteiger charge is -2.31. The summed E-state index contributed by atoms with van der Waals surface area (Å²) in [7, 11) is 0. The zero-order valence-corrected chi connectivity index (χ0v) is 20.8. The largest absolute Gasteiger partial charge is 0.480 e. The number of rotatable bonds is 12. The first kappa shape index (κ1) is 31.1. The lowest BCUT2D eigenvalue weighted by molar-refractivity contribution is -0.152. The van der Waals surface area contributed by atoms with E-state index in [-0.39, 0.29) is 17.8 Å². The summed E-state index contributed by atoms with van der Waals surface area (Å²) in [5.74, 6) is -2.43. The first-order valence-corrected chi connectivity index (χ1v) is 12.3. The second-order valence-electron chi connectivity index (χ2n) is 9.00. The highest BCUT2D eigenvalue weighted by Crippen LogP contribution is 2.25. The van der Waals surface area contributed by atoms with Crippen molar-refractivity contribution in [3.63, 3.8) is 0 Å². The second-order valence-corrected chi connectivity index (χ2v) is 9.00. The molecule has 0 aromatic heterocycles. The number of aliphatic carboxylic acids is 2. The smallest absolute Gasteiger partial charge is 0.326 e. The molecule has 2 amide bonds. The van der Waals surface area contributed by atoms with Crippen LogP contribution in [0, 0.1) is 0 Å². The van der Waals surface area contributed by atoms with Crippen molar-refractivity contribution in [1.82, 2.24) is 9.80 Å². The number of likely N-dealkylation sites (tertiary alicyclic amines) is 2. The van der Waals surface area contributed by atoms with E-state index in [1.54, 1.807) is 4.90 Å². The summed E-state index contributed by atoms with van der Waals surface area (Å²) in [6.07, 6.45) is 5.57. The number of carbonyl (C=O) groups is 4. The fraction of sp³-hybridized carbons (Fsp3) is 0.773. The number of carboxylic acids is 2. The molecule has 0 aromatic rings. The Morgan fingerprint density at radius 1 is 0.861 bits per heavy atom. The van der Waals surface area contributed by atoms with E-state index < -0.39 is 36.1 Å². The molecule has 2 aliphatic heterocycles. The van der Waals surface area contributed by atoms with Crippen LogP contribution in [0.15, 0.2) is 4.99 Å².